The Bertz CT molecular complexity index is 513. The van der Waals surface area contributed by atoms with Crippen LogP contribution < -0.4 is 0 Å². The molecule has 1 aliphatic heterocycles. The van der Waals surface area contributed by atoms with Gasteiger partial charge in [0.1, 0.15) is 9.53 Å². The molecule has 0 aromatic rings. The van der Waals surface area contributed by atoms with Gasteiger partial charge in [0.2, 0.25) is 0 Å². The second-order valence-electron chi connectivity index (χ2n) is 6.35. The molecule has 0 amide bonds. The van der Waals surface area contributed by atoms with Gasteiger partial charge in [-0.05, 0) is 38.0 Å². The van der Waals surface area contributed by atoms with Gasteiger partial charge < -0.3 is 4.74 Å². The molecule has 0 spiro atoms. The van der Waals surface area contributed by atoms with Crippen molar-refractivity contribution in [2.45, 2.75) is 47.9 Å². The van der Waals surface area contributed by atoms with Crippen LogP contribution in [0, 0.1) is 17.8 Å². The van der Waals surface area contributed by atoms with E-state index in [4.69, 9.17) is 4.74 Å². The summed E-state index contributed by atoms with van der Waals surface area (Å²) in [6.45, 7) is 3.84. The lowest BCUT2D eigenvalue weighted by Crippen LogP contribution is -2.39. The summed E-state index contributed by atoms with van der Waals surface area (Å²) in [7, 11) is -2.93. The third-order valence-corrected chi connectivity index (χ3v) is 8.76. The molecule has 108 valence electrons. The Kier molecular flexibility index (Phi) is 3.21. The molecular weight excluding hydrogens is 379 g/mol. The quantitative estimate of drug-likeness (QED) is 0.414. The Labute approximate surface area is 127 Å². The van der Waals surface area contributed by atoms with Crippen molar-refractivity contribution in [3.63, 3.8) is 0 Å². The molecule has 3 rings (SSSR count). The maximum atomic E-state index is 12.2. The molecule has 1 heterocycles. The van der Waals surface area contributed by atoms with Crippen molar-refractivity contribution < 1.29 is 17.9 Å². The van der Waals surface area contributed by atoms with Crippen LogP contribution in [-0.2, 0) is 19.4 Å². The van der Waals surface area contributed by atoms with Crippen molar-refractivity contribution in [3.8, 4) is 0 Å². The highest BCUT2D eigenvalue weighted by Gasteiger charge is 2.63. The first-order valence-corrected chi connectivity index (χ1v) is 9.67. The number of sulfone groups is 1. The van der Waals surface area contributed by atoms with Crippen LogP contribution in [-0.4, -0.2) is 34.9 Å². The lowest BCUT2D eigenvalue weighted by molar-refractivity contribution is -0.155. The van der Waals surface area contributed by atoms with Gasteiger partial charge in [-0.3, -0.25) is 4.79 Å². The van der Waals surface area contributed by atoms with Crippen LogP contribution in [0.15, 0.2) is 0 Å². The standard InChI is InChI=1S/C13H19IO4S/c1-3-13(2,14)12(15)18-11-7-4-8-9(11)6-19(16,17)10(8)5-7/h7-11H,3-6H2,1-2H3. The fourth-order valence-corrected chi connectivity index (χ4v) is 6.71. The molecule has 3 fully saturated rings. The third-order valence-electron chi connectivity index (χ3n) is 5.24. The molecule has 2 bridgehead atoms. The van der Waals surface area contributed by atoms with E-state index in [2.05, 4.69) is 22.6 Å². The zero-order chi connectivity index (χ0) is 14.0. The van der Waals surface area contributed by atoms with Crippen LogP contribution in [0.3, 0.4) is 0 Å². The van der Waals surface area contributed by atoms with E-state index < -0.39 is 13.3 Å². The average molecular weight is 398 g/mol. The minimum absolute atomic E-state index is 0.0572. The van der Waals surface area contributed by atoms with Crippen LogP contribution in [0.1, 0.15) is 33.1 Å². The number of carbonyl (C=O) groups excluding carboxylic acids is 1. The number of rotatable bonds is 3. The minimum atomic E-state index is -2.93. The van der Waals surface area contributed by atoms with E-state index in [1.807, 2.05) is 13.8 Å². The van der Waals surface area contributed by atoms with Crippen molar-refractivity contribution in [3.05, 3.63) is 0 Å². The van der Waals surface area contributed by atoms with Gasteiger partial charge in [0.25, 0.3) is 0 Å². The summed E-state index contributed by atoms with van der Waals surface area (Å²) in [6, 6.07) is 0. The number of hydrogen-bond acceptors (Lipinski definition) is 4. The van der Waals surface area contributed by atoms with Gasteiger partial charge in [0.05, 0.1) is 11.0 Å². The minimum Gasteiger partial charge on any atom is -0.461 e. The topological polar surface area (TPSA) is 60.4 Å². The van der Waals surface area contributed by atoms with Crippen LogP contribution in [0.4, 0.5) is 0 Å². The second-order valence-corrected chi connectivity index (χ2v) is 11.0. The molecule has 2 aliphatic carbocycles. The number of carbonyl (C=O) groups is 1. The second kappa shape index (κ2) is 4.32. The number of ether oxygens (including phenoxy) is 1. The van der Waals surface area contributed by atoms with Crippen LogP contribution in [0.2, 0.25) is 0 Å². The lowest BCUT2D eigenvalue weighted by Gasteiger charge is -2.29. The predicted octanol–water partition coefficient (Wildman–Crippen LogP) is 1.95. The molecule has 6 unspecified atom stereocenters. The highest BCUT2D eigenvalue weighted by Crippen LogP contribution is 2.57. The summed E-state index contributed by atoms with van der Waals surface area (Å²) < 4.78 is 29.3. The largest absolute Gasteiger partial charge is 0.461 e. The van der Waals surface area contributed by atoms with Gasteiger partial charge in [-0.15, -0.1) is 0 Å². The highest BCUT2D eigenvalue weighted by atomic mass is 127. The first-order valence-electron chi connectivity index (χ1n) is 6.88. The number of esters is 1. The normalized spacial score (nSPS) is 45.1. The maximum Gasteiger partial charge on any atom is 0.322 e. The lowest BCUT2D eigenvalue weighted by atomic mass is 9.87. The SMILES string of the molecule is CCC(C)(I)C(=O)OC1C2CC3C1CS(=O)(=O)C3C2. The fraction of sp³-hybridized carbons (Fsp3) is 0.923. The third kappa shape index (κ3) is 2.04. The molecule has 0 radical (unpaired) electrons. The molecule has 2 saturated carbocycles. The summed E-state index contributed by atoms with van der Waals surface area (Å²) in [5, 5.41) is -0.144. The Morgan fingerprint density at radius 2 is 2.05 bits per heavy atom. The fourth-order valence-electron chi connectivity index (χ4n) is 3.98. The summed E-state index contributed by atoms with van der Waals surface area (Å²) in [5.41, 5.74) is 0. The maximum absolute atomic E-state index is 12.2. The average Bonchev–Trinajstić information content (AvgIpc) is 2.92. The number of alkyl halides is 1. The Morgan fingerprint density at radius 1 is 1.37 bits per heavy atom. The van der Waals surface area contributed by atoms with E-state index in [9.17, 15) is 13.2 Å². The van der Waals surface area contributed by atoms with E-state index in [1.54, 1.807) is 0 Å². The first kappa shape index (κ1) is 14.1. The number of fused-ring (bicyclic) bond motifs is 1. The Balaban J connectivity index is 1.77. The Hall–Kier alpha value is 0.150. The molecule has 1 saturated heterocycles. The molecule has 6 atom stereocenters. The van der Waals surface area contributed by atoms with Crippen LogP contribution in [0.5, 0.6) is 0 Å². The van der Waals surface area contributed by atoms with Crippen molar-refractivity contribution in [1.29, 1.82) is 0 Å². The Morgan fingerprint density at radius 3 is 2.68 bits per heavy atom. The summed E-state index contributed by atoms with van der Waals surface area (Å²) >= 11 is 2.13. The van der Waals surface area contributed by atoms with E-state index in [1.165, 1.54) is 0 Å². The zero-order valence-corrected chi connectivity index (χ0v) is 14.1. The number of halogens is 1. The van der Waals surface area contributed by atoms with Crippen LogP contribution in [0.25, 0.3) is 0 Å². The van der Waals surface area contributed by atoms with Gasteiger partial charge in [0.15, 0.2) is 9.84 Å². The van der Waals surface area contributed by atoms with E-state index in [-0.39, 0.29) is 40.8 Å². The van der Waals surface area contributed by atoms with E-state index in [0.29, 0.717) is 6.42 Å². The smallest absolute Gasteiger partial charge is 0.322 e. The van der Waals surface area contributed by atoms with Gasteiger partial charge in [-0.1, -0.05) is 29.5 Å². The summed E-state index contributed by atoms with van der Waals surface area (Å²) in [5.74, 6) is 0.608. The molecule has 0 N–H and O–H groups in total. The summed E-state index contributed by atoms with van der Waals surface area (Å²) in [6.07, 6.45) is 2.19. The van der Waals surface area contributed by atoms with Crippen molar-refractivity contribution in [2.75, 3.05) is 5.75 Å². The molecule has 4 nitrogen and oxygen atoms in total. The van der Waals surface area contributed by atoms with Gasteiger partial charge in [0, 0.05) is 5.92 Å². The molecular formula is C13H19IO4S. The van der Waals surface area contributed by atoms with Crippen molar-refractivity contribution in [1.82, 2.24) is 0 Å². The predicted molar refractivity (Wildman–Crippen MR) is 79.9 cm³/mol. The van der Waals surface area contributed by atoms with Gasteiger partial charge >= 0.3 is 5.97 Å². The van der Waals surface area contributed by atoms with Crippen LogP contribution >= 0.6 is 22.6 Å². The van der Waals surface area contributed by atoms with Gasteiger partial charge in [-0.25, -0.2) is 8.42 Å². The number of hydrogen-bond donors (Lipinski definition) is 0. The summed E-state index contributed by atoms with van der Waals surface area (Å²) in [4.78, 5) is 12.2. The monoisotopic (exact) mass is 398 g/mol. The zero-order valence-electron chi connectivity index (χ0n) is 11.1. The molecule has 3 aliphatic rings. The van der Waals surface area contributed by atoms with Crippen molar-refractivity contribution in [2.24, 2.45) is 17.8 Å². The molecule has 0 aromatic carbocycles. The first-order chi connectivity index (χ1) is 8.76. The van der Waals surface area contributed by atoms with E-state index in [0.717, 1.165) is 12.8 Å². The molecule has 6 heteroatoms. The molecule has 0 aromatic heterocycles. The van der Waals surface area contributed by atoms with Gasteiger partial charge in [-0.2, -0.15) is 0 Å². The van der Waals surface area contributed by atoms with Crippen molar-refractivity contribution >= 4 is 38.4 Å². The highest BCUT2D eigenvalue weighted by molar-refractivity contribution is 14.1. The van der Waals surface area contributed by atoms with E-state index >= 15 is 0 Å². The molecule has 19 heavy (non-hydrogen) atoms.